The van der Waals surface area contributed by atoms with Crippen LogP contribution in [0, 0.1) is 0 Å². The van der Waals surface area contributed by atoms with Crippen molar-refractivity contribution in [3.63, 3.8) is 0 Å². The third kappa shape index (κ3) is 3.28. The summed E-state index contributed by atoms with van der Waals surface area (Å²) in [6.45, 7) is 5.03. The third-order valence-corrected chi connectivity index (χ3v) is 4.16. The molecule has 1 aromatic rings. The van der Waals surface area contributed by atoms with Crippen molar-refractivity contribution in [3.8, 4) is 0 Å². The first-order valence-corrected chi connectivity index (χ1v) is 6.89. The van der Waals surface area contributed by atoms with Crippen LogP contribution in [0.25, 0.3) is 0 Å². The maximum atomic E-state index is 12.4. The fourth-order valence-electron chi connectivity index (χ4n) is 1.69. The van der Waals surface area contributed by atoms with Crippen LogP contribution in [0.2, 0.25) is 5.02 Å². The summed E-state index contributed by atoms with van der Waals surface area (Å²) in [5.41, 5.74) is -0.907. The molecule has 0 atom stereocenters. The molecule has 1 rings (SSSR count). The van der Waals surface area contributed by atoms with E-state index in [2.05, 4.69) is 15.9 Å². The molecule has 4 nitrogen and oxygen atoms in total. The Hall–Kier alpha value is -1.07. The molecule has 0 spiro atoms. The van der Waals surface area contributed by atoms with Crippen molar-refractivity contribution in [1.29, 1.82) is 0 Å². The number of carboxylic acids is 1. The Kier molecular flexibility index (Phi) is 4.98. The van der Waals surface area contributed by atoms with Gasteiger partial charge in [-0.15, -0.1) is 0 Å². The molecule has 0 aliphatic heterocycles. The number of hydrogen-bond donors (Lipinski definition) is 1. The minimum atomic E-state index is -1.27. The highest BCUT2D eigenvalue weighted by Gasteiger charge is 2.37. The fourth-order valence-corrected chi connectivity index (χ4v) is 2.12. The van der Waals surface area contributed by atoms with Crippen LogP contribution in [0.15, 0.2) is 22.7 Å². The van der Waals surface area contributed by atoms with E-state index in [1.165, 1.54) is 24.8 Å². The minimum Gasteiger partial charge on any atom is -0.480 e. The third-order valence-electron chi connectivity index (χ3n) is 2.93. The number of halogens is 2. The number of benzene rings is 1. The van der Waals surface area contributed by atoms with E-state index in [1.54, 1.807) is 19.1 Å². The van der Waals surface area contributed by atoms with Gasteiger partial charge in [0.15, 0.2) is 0 Å². The molecular formula is C13H15BrClNO3. The summed E-state index contributed by atoms with van der Waals surface area (Å²) >= 11 is 9.19. The number of rotatable bonds is 4. The normalized spacial score (nSPS) is 11.2. The van der Waals surface area contributed by atoms with Crippen LogP contribution in [0.4, 0.5) is 0 Å². The molecule has 0 unspecified atom stereocenters. The van der Waals surface area contributed by atoms with E-state index < -0.39 is 11.5 Å². The number of aliphatic carboxylic acids is 1. The molecule has 0 saturated carbocycles. The van der Waals surface area contributed by atoms with Crippen LogP contribution in [0.1, 0.15) is 31.1 Å². The van der Waals surface area contributed by atoms with Gasteiger partial charge in [-0.3, -0.25) is 4.79 Å². The Morgan fingerprint density at radius 1 is 1.42 bits per heavy atom. The lowest BCUT2D eigenvalue weighted by Crippen LogP contribution is -2.52. The molecule has 1 N–H and O–H groups in total. The molecule has 0 aromatic heterocycles. The number of carbonyl (C=O) groups is 2. The second-order valence-electron chi connectivity index (χ2n) is 4.54. The van der Waals surface area contributed by atoms with Crippen molar-refractivity contribution in [1.82, 2.24) is 4.90 Å². The van der Waals surface area contributed by atoms with Crippen molar-refractivity contribution in [3.05, 3.63) is 33.3 Å². The topological polar surface area (TPSA) is 57.6 Å². The first kappa shape index (κ1) is 16.0. The van der Waals surface area contributed by atoms with Crippen LogP contribution in [-0.2, 0) is 4.79 Å². The molecule has 0 bridgehead atoms. The van der Waals surface area contributed by atoms with Gasteiger partial charge in [0.25, 0.3) is 5.91 Å². The monoisotopic (exact) mass is 347 g/mol. The lowest BCUT2D eigenvalue weighted by molar-refractivity contribution is -0.147. The molecule has 1 aromatic carbocycles. The minimum absolute atomic E-state index is 0.297. The Balaban J connectivity index is 3.15. The van der Waals surface area contributed by atoms with Gasteiger partial charge >= 0.3 is 5.97 Å². The van der Waals surface area contributed by atoms with Crippen LogP contribution in [0.5, 0.6) is 0 Å². The van der Waals surface area contributed by atoms with Crippen molar-refractivity contribution < 1.29 is 14.7 Å². The molecule has 6 heteroatoms. The summed E-state index contributed by atoms with van der Waals surface area (Å²) in [5.74, 6) is -1.41. The van der Waals surface area contributed by atoms with Gasteiger partial charge in [0.2, 0.25) is 0 Å². The largest absolute Gasteiger partial charge is 0.480 e. The highest BCUT2D eigenvalue weighted by Crippen LogP contribution is 2.25. The molecule has 19 heavy (non-hydrogen) atoms. The Morgan fingerprint density at radius 2 is 2.00 bits per heavy atom. The van der Waals surface area contributed by atoms with Crippen LogP contribution < -0.4 is 0 Å². The predicted molar refractivity (Wildman–Crippen MR) is 77.6 cm³/mol. The Bertz CT molecular complexity index is 517. The number of nitrogens with zero attached hydrogens (tertiary/aromatic N) is 1. The van der Waals surface area contributed by atoms with Gasteiger partial charge in [0.1, 0.15) is 5.54 Å². The number of amides is 1. The average molecular weight is 349 g/mol. The van der Waals surface area contributed by atoms with E-state index in [0.29, 0.717) is 21.6 Å². The molecule has 0 heterocycles. The van der Waals surface area contributed by atoms with Gasteiger partial charge in [-0.1, -0.05) is 11.6 Å². The van der Waals surface area contributed by atoms with Crippen LogP contribution in [0.3, 0.4) is 0 Å². The molecule has 0 radical (unpaired) electrons. The summed E-state index contributed by atoms with van der Waals surface area (Å²) in [5, 5.41) is 9.62. The highest BCUT2D eigenvalue weighted by atomic mass is 79.9. The van der Waals surface area contributed by atoms with Gasteiger partial charge in [-0.2, -0.15) is 0 Å². The molecular weight excluding hydrogens is 334 g/mol. The average Bonchev–Trinajstić information content (AvgIpc) is 2.32. The number of hydrogen-bond acceptors (Lipinski definition) is 2. The van der Waals surface area contributed by atoms with E-state index >= 15 is 0 Å². The quantitative estimate of drug-likeness (QED) is 0.907. The zero-order chi connectivity index (χ0) is 14.8. The van der Waals surface area contributed by atoms with Crippen molar-refractivity contribution in [2.75, 3.05) is 6.54 Å². The first-order valence-electron chi connectivity index (χ1n) is 5.72. The van der Waals surface area contributed by atoms with E-state index in [0.717, 1.165) is 0 Å². The summed E-state index contributed by atoms with van der Waals surface area (Å²) in [6.07, 6.45) is 0. The van der Waals surface area contributed by atoms with Gasteiger partial charge in [0, 0.05) is 16.6 Å². The van der Waals surface area contributed by atoms with Crippen LogP contribution >= 0.6 is 27.5 Å². The van der Waals surface area contributed by atoms with Gasteiger partial charge in [0.05, 0.1) is 5.02 Å². The van der Waals surface area contributed by atoms with E-state index in [9.17, 15) is 14.7 Å². The SMILES string of the molecule is CCN(C(=O)c1ccc(Br)c(Cl)c1)C(C)(C)C(=O)O. The van der Waals surface area contributed by atoms with Crippen molar-refractivity contribution in [2.45, 2.75) is 26.3 Å². The van der Waals surface area contributed by atoms with Crippen molar-refractivity contribution >= 4 is 39.4 Å². The summed E-state index contributed by atoms with van der Waals surface area (Å²) in [4.78, 5) is 24.9. The van der Waals surface area contributed by atoms with E-state index in [4.69, 9.17) is 11.6 Å². The maximum absolute atomic E-state index is 12.4. The summed E-state index contributed by atoms with van der Waals surface area (Å²) < 4.78 is 0.686. The van der Waals surface area contributed by atoms with Crippen molar-refractivity contribution in [2.24, 2.45) is 0 Å². The Morgan fingerprint density at radius 3 is 2.42 bits per heavy atom. The maximum Gasteiger partial charge on any atom is 0.329 e. The number of carboxylic acid groups (broad SMARTS) is 1. The smallest absolute Gasteiger partial charge is 0.329 e. The molecule has 0 aliphatic rings. The highest BCUT2D eigenvalue weighted by molar-refractivity contribution is 9.10. The zero-order valence-corrected chi connectivity index (χ0v) is 13.2. The lowest BCUT2D eigenvalue weighted by Gasteiger charge is -2.34. The summed E-state index contributed by atoms with van der Waals surface area (Å²) in [6, 6.07) is 4.80. The molecule has 0 saturated heterocycles. The second kappa shape index (κ2) is 5.92. The first-order chi connectivity index (χ1) is 8.71. The fraction of sp³-hybridized carbons (Fsp3) is 0.385. The molecule has 0 aliphatic carbocycles. The van der Waals surface area contributed by atoms with E-state index in [1.807, 2.05) is 0 Å². The Labute approximate surface area is 125 Å². The molecule has 104 valence electrons. The summed E-state index contributed by atoms with van der Waals surface area (Å²) in [7, 11) is 0. The van der Waals surface area contributed by atoms with Crippen LogP contribution in [-0.4, -0.2) is 34.0 Å². The predicted octanol–water partition coefficient (Wildman–Crippen LogP) is 3.43. The molecule has 1 amide bonds. The van der Waals surface area contributed by atoms with Gasteiger partial charge in [-0.05, 0) is 54.9 Å². The van der Waals surface area contributed by atoms with E-state index in [-0.39, 0.29) is 5.91 Å². The standard InChI is InChI=1S/C13H15BrClNO3/c1-4-16(13(2,3)12(18)19)11(17)8-5-6-9(14)10(15)7-8/h5-7H,4H2,1-3H3,(H,18,19). The second-order valence-corrected chi connectivity index (χ2v) is 5.80. The van der Waals surface area contributed by atoms with Gasteiger partial charge < -0.3 is 10.0 Å². The van der Waals surface area contributed by atoms with Gasteiger partial charge in [-0.25, -0.2) is 4.79 Å². The number of likely N-dealkylation sites (N-methyl/N-ethyl adjacent to an activating group) is 1. The number of carbonyl (C=O) groups excluding carboxylic acids is 1. The molecule has 0 fully saturated rings. The lowest BCUT2D eigenvalue weighted by atomic mass is 10.0. The zero-order valence-electron chi connectivity index (χ0n) is 10.9.